The van der Waals surface area contributed by atoms with Gasteiger partial charge in [-0.05, 0) is 25.4 Å². The number of ether oxygens (including phenoxy) is 2. The van der Waals surface area contributed by atoms with Crippen molar-refractivity contribution in [1.82, 2.24) is 4.90 Å². The summed E-state index contributed by atoms with van der Waals surface area (Å²) in [7, 11) is 3.52. The molecule has 16 heavy (non-hydrogen) atoms. The number of likely N-dealkylation sites (tertiary alicyclic amines) is 1. The van der Waals surface area contributed by atoms with Gasteiger partial charge in [0.1, 0.15) is 0 Å². The van der Waals surface area contributed by atoms with E-state index in [2.05, 4.69) is 11.8 Å². The van der Waals surface area contributed by atoms with E-state index < -0.39 is 0 Å². The SMILES string of the molecule is CCC(CN)CCN1CC(OC)C(OC)C1. The maximum absolute atomic E-state index is 5.71. The van der Waals surface area contributed by atoms with E-state index in [1.807, 2.05) is 0 Å². The van der Waals surface area contributed by atoms with Crippen LogP contribution >= 0.6 is 0 Å². The third kappa shape index (κ3) is 3.70. The summed E-state index contributed by atoms with van der Waals surface area (Å²) in [5.74, 6) is 0.655. The number of nitrogens with zero attached hydrogens (tertiary/aromatic N) is 1. The fraction of sp³-hybridized carbons (Fsp3) is 1.00. The van der Waals surface area contributed by atoms with Crippen LogP contribution in [-0.2, 0) is 9.47 Å². The van der Waals surface area contributed by atoms with Gasteiger partial charge in [0.2, 0.25) is 0 Å². The summed E-state index contributed by atoms with van der Waals surface area (Å²) >= 11 is 0. The molecule has 0 aromatic rings. The van der Waals surface area contributed by atoms with Crippen LogP contribution in [-0.4, -0.2) is 57.5 Å². The second-order valence-electron chi connectivity index (χ2n) is 4.61. The average Bonchev–Trinajstić information content (AvgIpc) is 2.73. The fourth-order valence-electron chi connectivity index (χ4n) is 2.31. The Balaban J connectivity index is 2.29. The number of hydrogen-bond donors (Lipinski definition) is 1. The minimum absolute atomic E-state index is 0.225. The van der Waals surface area contributed by atoms with E-state index in [0.717, 1.165) is 26.2 Å². The smallest absolute Gasteiger partial charge is 0.0971 e. The van der Waals surface area contributed by atoms with Gasteiger partial charge in [-0.2, -0.15) is 0 Å². The van der Waals surface area contributed by atoms with Crippen LogP contribution < -0.4 is 5.73 Å². The number of rotatable bonds is 7. The molecule has 1 fully saturated rings. The van der Waals surface area contributed by atoms with E-state index in [0.29, 0.717) is 5.92 Å². The summed E-state index contributed by atoms with van der Waals surface area (Å²) in [5, 5.41) is 0. The Hall–Kier alpha value is -0.160. The highest BCUT2D eigenvalue weighted by molar-refractivity contribution is 4.85. The topological polar surface area (TPSA) is 47.7 Å². The molecule has 1 rings (SSSR count). The third-order valence-electron chi connectivity index (χ3n) is 3.66. The summed E-state index contributed by atoms with van der Waals surface area (Å²) in [6.45, 7) is 6.07. The molecular weight excluding hydrogens is 204 g/mol. The molecule has 0 spiro atoms. The van der Waals surface area contributed by atoms with E-state index in [9.17, 15) is 0 Å². The van der Waals surface area contributed by atoms with Gasteiger partial charge in [-0.3, -0.25) is 4.90 Å². The van der Waals surface area contributed by atoms with Crippen LogP contribution in [0.3, 0.4) is 0 Å². The van der Waals surface area contributed by atoms with Gasteiger partial charge in [0.05, 0.1) is 12.2 Å². The molecule has 0 aliphatic carbocycles. The first-order chi connectivity index (χ1) is 7.74. The van der Waals surface area contributed by atoms with Gasteiger partial charge in [-0.25, -0.2) is 0 Å². The van der Waals surface area contributed by atoms with Gasteiger partial charge in [-0.1, -0.05) is 13.3 Å². The Morgan fingerprint density at radius 3 is 2.19 bits per heavy atom. The Kier molecular flexibility index (Phi) is 6.28. The second-order valence-corrected chi connectivity index (χ2v) is 4.61. The lowest BCUT2D eigenvalue weighted by Crippen LogP contribution is -2.27. The molecule has 4 nitrogen and oxygen atoms in total. The molecule has 4 heteroatoms. The highest BCUT2D eigenvalue weighted by Gasteiger charge is 2.32. The summed E-state index contributed by atoms with van der Waals surface area (Å²) in [6, 6.07) is 0. The molecule has 0 bridgehead atoms. The predicted molar refractivity (Wildman–Crippen MR) is 65.5 cm³/mol. The summed E-state index contributed by atoms with van der Waals surface area (Å²) < 4.78 is 10.8. The molecule has 1 aliphatic heterocycles. The standard InChI is InChI=1S/C12H26N2O2/c1-4-10(7-13)5-6-14-8-11(15-2)12(9-14)16-3/h10-12H,4-9,13H2,1-3H3. The lowest BCUT2D eigenvalue weighted by molar-refractivity contribution is -0.00461. The van der Waals surface area contributed by atoms with Crippen molar-refractivity contribution in [2.45, 2.75) is 32.0 Å². The van der Waals surface area contributed by atoms with E-state index in [1.165, 1.54) is 12.8 Å². The molecule has 1 heterocycles. The first kappa shape index (κ1) is 13.9. The van der Waals surface area contributed by atoms with Gasteiger partial charge in [-0.15, -0.1) is 0 Å². The summed E-state index contributed by atoms with van der Waals surface area (Å²) in [6.07, 6.45) is 2.80. The minimum Gasteiger partial charge on any atom is -0.377 e. The van der Waals surface area contributed by atoms with Crippen molar-refractivity contribution >= 4 is 0 Å². The Labute approximate surface area is 99.1 Å². The summed E-state index contributed by atoms with van der Waals surface area (Å²) in [4.78, 5) is 2.42. The van der Waals surface area contributed by atoms with E-state index in [-0.39, 0.29) is 12.2 Å². The van der Waals surface area contributed by atoms with Crippen LogP contribution in [0.5, 0.6) is 0 Å². The second kappa shape index (κ2) is 7.22. The Morgan fingerprint density at radius 1 is 1.25 bits per heavy atom. The number of hydrogen-bond acceptors (Lipinski definition) is 4. The zero-order chi connectivity index (χ0) is 12.0. The van der Waals surface area contributed by atoms with Crippen molar-refractivity contribution in [2.75, 3.05) is 40.4 Å². The fourth-order valence-corrected chi connectivity index (χ4v) is 2.31. The molecule has 0 saturated carbocycles. The zero-order valence-corrected chi connectivity index (χ0v) is 10.8. The lowest BCUT2D eigenvalue weighted by atomic mass is 10.0. The molecule has 0 radical (unpaired) electrons. The van der Waals surface area contributed by atoms with Crippen LogP contribution in [0.4, 0.5) is 0 Å². The van der Waals surface area contributed by atoms with Crippen LogP contribution in [0.2, 0.25) is 0 Å². The molecule has 0 aromatic carbocycles. The maximum atomic E-state index is 5.71. The van der Waals surface area contributed by atoms with Crippen molar-refractivity contribution in [3.05, 3.63) is 0 Å². The number of methoxy groups -OCH3 is 2. The lowest BCUT2D eigenvalue weighted by Gasteiger charge is -2.18. The highest BCUT2D eigenvalue weighted by atomic mass is 16.5. The average molecular weight is 230 g/mol. The Morgan fingerprint density at radius 2 is 1.81 bits per heavy atom. The van der Waals surface area contributed by atoms with Gasteiger partial charge >= 0.3 is 0 Å². The van der Waals surface area contributed by atoms with Gasteiger partial charge in [0.15, 0.2) is 0 Å². The van der Waals surface area contributed by atoms with E-state index in [1.54, 1.807) is 14.2 Å². The van der Waals surface area contributed by atoms with Crippen molar-refractivity contribution in [3.63, 3.8) is 0 Å². The predicted octanol–water partition coefficient (Wildman–Crippen LogP) is 0.707. The maximum Gasteiger partial charge on any atom is 0.0971 e. The summed E-state index contributed by atoms with van der Waals surface area (Å²) in [5.41, 5.74) is 5.71. The first-order valence-corrected chi connectivity index (χ1v) is 6.23. The molecule has 0 aromatic heterocycles. The van der Waals surface area contributed by atoms with Gasteiger partial charge < -0.3 is 15.2 Å². The molecule has 1 aliphatic rings. The van der Waals surface area contributed by atoms with Crippen molar-refractivity contribution in [2.24, 2.45) is 11.7 Å². The zero-order valence-electron chi connectivity index (χ0n) is 10.8. The molecule has 0 amide bonds. The highest BCUT2D eigenvalue weighted by Crippen LogP contribution is 2.17. The van der Waals surface area contributed by atoms with Gasteiger partial charge in [0, 0.05) is 27.3 Å². The van der Waals surface area contributed by atoms with Crippen LogP contribution in [0.25, 0.3) is 0 Å². The van der Waals surface area contributed by atoms with Crippen LogP contribution in [0.15, 0.2) is 0 Å². The van der Waals surface area contributed by atoms with Crippen LogP contribution in [0, 0.1) is 5.92 Å². The Bertz CT molecular complexity index is 174. The molecule has 3 unspecified atom stereocenters. The molecule has 1 saturated heterocycles. The molecular formula is C12H26N2O2. The monoisotopic (exact) mass is 230 g/mol. The van der Waals surface area contributed by atoms with E-state index in [4.69, 9.17) is 15.2 Å². The minimum atomic E-state index is 0.225. The van der Waals surface area contributed by atoms with Crippen LogP contribution in [0.1, 0.15) is 19.8 Å². The van der Waals surface area contributed by atoms with Crippen molar-refractivity contribution in [1.29, 1.82) is 0 Å². The molecule has 2 N–H and O–H groups in total. The van der Waals surface area contributed by atoms with Crippen molar-refractivity contribution < 1.29 is 9.47 Å². The van der Waals surface area contributed by atoms with Crippen molar-refractivity contribution in [3.8, 4) is 0 Å². The van der Waals surface area contributed by atoms with Gasteiger partial charge in [0.25, 0.3) is 0 Å². The van der Waals surface area contributed by atoms with E-state index >= 15 is 0 Å². The quantitative estimate of drug-likeness (QED) is 0.699. The molecule has 96 valence electrons. The number of nitrogens with two attached hydrogens (primary N) is 1. The first-order valence-electron chi connectivity index (χ1n) is 6.23. The molecule has 3 atom stereocenters. The normalized spacial score (nSPS) is 28.5. The largest absolute Gasteiger partial charge is 0.377 e. The third-order valence-corrected chi connectivity index (χ3v) is 3.66.